The van der Waals surface area contributed by atoms with Gasteiger partial charge in [-0.05, 0) is 0 Å². The predicted octanol–water partition coefficient (Wildman–Crippen LogP) is -3.67. The van der Waals surface area contributed by atoms with Gasteiger partial charge in [0.05, 0.1) is 0 Å². The van der Waals surface area contributed by atoms with Gasteiger partial charge in [-0.3, -0.25) is 0 Å². The zero-order valence-corrected chi connectivity index (χ0v) is 5.89. The summed E-state index contributed by atoms with van der Waals surface area (Å²) in [5.74, 6) is 0. The van der Waals surface area contributed by atoms with Crippen LogP contribution in [0.1, 0.15) is 0 Å². The molecule has 0 aromatic carbocycles. The Bertz CT molecular complexity index is 9.61. The average molecular weight is 371 g/mol. The molecule has 0 bridgehead atoms. The Morgan fingerprint density at radius 1 is 1.00 bits per heavy atom. The molecule has 0 N–H and O–H groups in total. The first-order valence-corrected chi connectivity index (χ1v) is 5.40. The summed E-state index contributed by atoms with van der Waals surface area (Å²) in [5.41, 5.74) is 0. The molecule has 0 nitrogen and oxygen atoms in total. The number of rotatable bonds is 0. The molecule has 37 valence electrons. The van der Waals surface area contributed by atoms with Crippen LogP contribution in [-0.4, -0.2) is 71.6 Å². The average Bonchev–Trinajstić information content (AvgIpc) is 1.00. The molecule has 5 heteroatoms. The Kier molecular flexibility index (Phi) is 139. The monoisotopic (exact) mass is 373 g/mol. The van der Waals surface area contributed by atoms with Crippen molar-refractivity contribution >= 4 is 71.6 Å². The van der Waals surface area contributed by atoms with E-state index >= 15 is 0 Å². The first-order chi connectivity index (χ1) is 1.00. The van der Waals surface area contributed by atoms with E-state index in [0.717, 1.165) is 0 Å². The molecule has 0 fully saturated rings. The van der Waals surface area contributed by atoms with Crippen molar-refractivity contribution in [3.05, 3.63) is 0 Å². The van der Waals surface area contributed by atoms with Gasteiger partial charge in [-0.2, -0.15) is 0 Å². The van der Waals surface area contributed by atoms with Crippen LogP contribution in [0.2, 0.25) is 0 Å². The van der Waals surface area contributed by atoms with Crippen LogP contribution in [0.5, 0.6) is 0 Å². The summed E-state index contributed by atoms with van der Waals surface area (Å²) >= 11 is 4.50. The fraction of sp³-hybridized carbons (Fsp3) is 0. The summed E-state index contributed by atoms with van der Waals surface area (Å²) in [6.45, 7) is 0. The van der Waals surface area contributed by atoms with Crippen LogP contribution in [0, 0.1) is 0 Å². The molecule has 0 aliphatic heterocycles. The molecule has 0 spiro atoms. The standard InChI is InChI=1S/Al.Cu.In.H2Se2.6H/c;;;1-2;;;;;;/h;;;1-2H;;;;;;. The minimum absolute atomic E-state index is 0. The number of hydrogen-bond donors (Lipinski definition) is 0. The van der Waals surface area contributed by atoms with Gasteiger partial charge in [0.25, 0.3) is 0 Å². The second-order valence-corrected chi connectivity index (χ2v) is 0. The van der Waals surface area contributed by atoms with Crippen LogP contribution in [-0.2, 0) is 17.1 Å². The first-order valence-electron chi connectivity index (χ1n) is 0.200. The van der Waals surface area contributed by atoms with E-state index in [0.29, 0.717) is 0 Å². The predicted molar refractivity (Wildman–Crippen MR) is 34.2 cm³/mol. The topological polar surface area (TPSA) is 0 Å². The summed E-state index contributed by atoms with van der Waals surface area (Å²) in [4.78, 5) is 0. The Morgan fingerprint density at radius 2 is 1.00 bits per heavy atom. The molecule has 0 rings (SSSR count). The third kappa shape index (κ3) is 19.5. The van der Waals surface area contributed by atoms with Crippen molar-refractivity contribution in [3.8, 4) is 0 Å². The summed E-state index contributed by atoms with van der Waals surface area (Å²) < 4.78 is 0. The van der Waals surface area contributed by atoms with Gasteiger partial charge in [-0.25, -0.2) is 0 Å². The summed E-state index contributed by atoms with van der Waals surface area (Å²) in [6.07, 6.45) is 0. The van der Waals surface area contributed by atoms with Gasteiger partial charge < -0.3 is 0 Å². The van der Waals surface area contributed by atoms with E-state index in [9.17, 15) is 0 Å². The van der Waals surface area contributed by atoms with Gasteiger partial charge >= 0.3 is 54.2 Å². The van der Waals surface area contributed by atoms with E-state index in [1.165, 1.54) is 0 Å². The Labute approximate surface area is 87.2 Å². The van der Waals surface area contributed by atoms with E-state index in [2.05, 4.69) is 28.4 Å². The van der Waals surface area contributed by atoms with Crippen LogP contribution in [0.25, 0.3) is 0 Å². The van der Waals surface area contributed by atoms with Crippen molar-refractivity contribution in [2.45, 2.75) is 0 Å². The molecule has 0 amide bonds. The van der Waals surface area contributed by atoms with Crippen molar-refractivity contribution in [2.24, 2.45) is 0 Å². The van der Waals surface area contributed by atoms with Crippen LogP contribution in [0.3, 0.4) is 0 Å². The molecule has 0 aliphatic rings. The quantitative estimate of drug-likeness (QED) is 0.385. The van der Waals surface area contributed by atoms with Gasteiger partial charge in [-0.1, -0.05) is 0 Å². The van der Waals surface area contributed by atoms with Crippen LogP contribution in [0.15, 0.2) is 0 Å². The molecule has 1 radical (unpaired) electrons. The first kappa shape index (κ1) is 24.6. The van der Waals surface area contributed by atoms with Gasteiger partial charge in [0, 0.05) is 17.1 Å². The van der Waals surface area contributed by atoms with Gasteiger partial charge in [0.15, 0.2) is 17.4 Å². The van der Waals surface area contributed by atoms with E-state index in [-0.39, 0.29) is 60.3 Å². The second-order valence-electron chi connectivity index (χ2n) is 0. The molecule has 0 unspecified atom stereocenters. The SMILES string of the molecule is [AlH3].[Cu].[InH3].[SeH][SeH]. The molecule has 0 saturated heterocycles. The van der Waals surface area contributed by atoms with Crippen molar-refractivity contribution in [2.75, 3.05) is 0 Å². The number of hydrogen-bond acceptors (Lipinski definition) is 0. The fourth-order valence-electron chi connectivity index (χ4n) is 0. The molecule has 0 aromatic rings. The van der Waals surface area contributed by atoms with Gasteiger partial charge in [-0.15, -0.1) is 0 Å². The second kappa shape index (κ2) is 28.2. The molecule has 0 aliphatic carbocycles. The van der Waals surface area contributed by atoms with Gasteiger partial charge in [0.1, 0.15) is 0 Å². The zero-order valence-electron chi connectivity index (χ0n) is 1.20. The molecular formula is H8AlCuInSe2. The van der Waals surface area contributed by atoms with Crippen molar-refractivity contribution in [3.63, 3.8) is 0 Å². The van der Waals surface area contributed by atoms with E-state index in [1.807, 2.05) is 0 Å². The zero-order chi connectivity index (χ0) is 2.00. The summed E-state index contributed by atoms with van der Waals surface area (Å²) in [6, 6.07) is 0. The van der Waals surface area contributed by atoms with Crippen LogP contribution in [0.4, 0.5) is 0 Å². The van der Waals surface area contributed by atoms with Gasteiger partial charge in [0.2, 0.25) is 0 Å². The summed E-state index contributed by atoms with van der Waals surface area (Å²) in [7, 11) is 0. The Balaban J connectivity index is -0.00000000167. The normalized spacial score (nSPS) is 1.20. The Morgan fingerprint density at radius 3 is 1.00 bits per heavy atom. The van der Waals surface area contributed by atoms with E-state index in [4.69, 9.17) is 0 Å². The van der Waals surface area contributed by atoms with Crippen LogP contribution >= 0.6 is 0 Å². The molecule has 0 saturated carbocycles. The molecule has 0 heterocycles. The molecule has 0 atom stereocenters. The minimum atomic E-state index is 0. The van der Waals surface area contributed by atoms with Crippen molar-refractivity contribution < 1.29 is 17.1 Å². The third-order valence-electron chi connectivity index (χ3n) is 0. The molecular weight excluding hydrogens is 363 g/mol. The summed E-state index contributed by atoms with van der Waals surface area (Å²) in [5, 5.41) is 0. The van der Waals surface area contributed by atoms with E-state index < -0.39 is 0 Å². The maximum absolute atomic E-state index is 2.25. The van der Waals surface area contributed by atoms with Crippen LogP contribution < -0.4 is 0 Å². The third-order valence-corrected chi connectivity index (χ3v) is 0. The van der Waals surface area contributed by atoms with E-state index in [1.54, 1.807) is 0 Å². The maximum atomic E-state index is 2.25. The molecule has 5 heavy (non-hydrogen) atoms. The van der Waals surface area contributed by atoms with Crippen molar-refractivity contribution in [1.82, 2.24) is 0 Å². The molecule has 0 aromatic heterocycles. The van der Waals surface area contributed by atoms with Crippen molar-refractivity contribution in [1.29, 1.82) is 0 Å². The fourth-order valence-corrected chi connectivity index (χ4v) is 0. The Hall–Kier alpha value is 2.96.